The third kappa shape index (κ3) is 1.51. The highest BCUT2D eigenvalue weighted by molar-refractivity contribution is 5.80. The Hall–Kier alpha value is -0.780. The van der Waals surface area contributed by atoms with Crippen LogP contribution in [0.15, 0.2) is 0 Å². The van der Waals surface area contributed by atoms with Crippen LogP contribution in [0.25, 0.3) is 0 Å². The van der Waals surface area contributed by atoms with Crippen molar-refractivity contribution < 1.29 is 23.1 Å². The van der Waals surface area contributed by atoms with Crippen molar-refractivity contribution in [3.63, 3.8) is 0 Å². The first-order valence-electron chi connectivity index (χ1n) is 4.89. The monoisotopic (exact) mass is 223 g/mol. The second-order valence-corrected chi connectivity index (χ2v) is 4.29. The van der Waals surface area contributed by atoms with Crippen molar-refractivity contribution in [3.05, 3.63) is 0 Å². The number of amides is 1. The van der Waals surface area contributed by atoms with Gasteiger partial charge in [-0.05, 0) is 12.8 Å². The fourth-order valence-corrected chi connectivity index (χ4v) is 2.14. The molecule has 15 heavy (non-hydrogen) atoms. The van der Waals surface area contributed by atoms with E-state index in [0.29, 0.717) is 0 Å². The lowest BCUT2D eigenvalue weighted by molar-refractivity contribution is -0.197. The van der Waals surface area contributed by atoms with E-state index in [1.807, 2.05) is 0 Å². The zero-order chi connectivity index (χ0) is 11.3. The summed E-state index contributed by atoms with van der Waals surface area (Å²) in [4.78, 5) is 12.3. The van der Waals surface area contributed by atoms with Gasteiger partial charge in [0.05, 0.1) is 0 Å². The molecule has 0 aromatic carbocycles. The first-order valence-corrected chi connectivity index (χ1v) is 4.89. The van der Waals surface area contributed by atoms with E-state index in [2.05, 4.69) is 0 Å². The molecule has 0 aromatic rings. The summed E-state index contributed by atoms with van der Waals surface area (Å²) >= 11 is 0. The molecule has 0 spiro atoms. The summed E-state index contributed by atoms with van der Waals surface area (Å²) in [5, 5.41) is 8.83. The molecule has 1 saturated carbocycles. The van der Waals surface area contributed by atoms with Gasteiger partial charge in [-0.15, -0.1) is 0 Å². The zero-order valence-electron chi connectivity index (χ0n) is 8.05. The van der Waals surface area contributed by atoms with Crippen molar-refractivity contribution in [2.45, 2.75) is 31.0 Å². The number of rotatable bonds is 2. The van der Waals surface area contributed by atoms with E-state index < -0.39 is 17.6 Å². The number of aliphatic hydroxyl groups excluding tert-OH is 1. The summed E-state index contributed by atoms with van der Waals surface area (Å²) in [5.74, 6) is -0.818. The van der Waals surface area contributed by atoms with Gasteiger partial charge in [-0.3, -0.25) is 4.79 Å². The van der Waals surface area contributed by atoms with Crippen LogP contribution in [0.5, 0.6) is 0 Å². The third-order valence-electron chi connectivity index (χ3n) is 3.23. The van der Waals surface area contributed by atoms with Crippen molar-refractivity contribution in [2.24, 2.45) is 5.92 Å². The van der Waals surface area contributed by atoms with Gasteiger partial charge < -0.3 is 10.0 Å². The lowest BCUT2D eigenvalue weighted by Gasteiger charge is -2.30. The molecule has 2 aliphatic rings. The number of halogens is 3. The summed E-state index contributed by atoms with van der Waals surface area (Å²) in [6.45, 7) is -0.189. The Bertz CT molecular complexity index is 286. The van der Waals surface area contributed by atoms with E-state index in [-0.39, 0.29) is 38.3 Å². The molecule has 1 aliphatic carbocycles. The minimum atomic E-state index is -4.34. The first-order chi connectivity index (χ1) is 6.90. The van der Waals surface area contributed by atoms with Crippen LogP contribution >= 0.6 is 0 Å². The van der Waals surface area contributed by atoms with E-state index in [9.17, 15) is 18.0 Å². The van der Waals surface area contributed by atoms with Gasteiger partial charge in [-0.2, -0.15) is 13.2 Å². The maximum atomic E-state index is 12.7. The number of hydrogen-bond donors (Lipinski definition) is 1. The SMILES string of the molecule is O=C1CC(CO)CN1C1(C(F)(F)F)CC1. The third-order valence-corrected chi connectivity index (χ3v) is 3.23. The van der Waals surface area contributed by atoms with Gasteiger partial charge in [-0.25, -0.2) is 0 Å². The van der Waals surface area contributed by atoms with Gasteiger partial charge in [0.2, 0.25) is 5.91 Å². The van der Waals surface area contributed by atoms with Crippen LogP contribution in [-0.2, 0) is 4.79 Å². The van der Waals surface area contributed by atoms with Crippen molar-refractivity contribution in [1.29, 1.82) is 0 Å². The molecule has 1 heterocycles. The number of hydrogen-bond acceptors (Lipinski definition) is 2. The first kappa shape index (κ1) is 10.7. The van der Waals surface area contributed by atoms with Gasteiger partial charge in [0.25, 0.3) is 0 Å². The molecule has 1 N–H and O–H groups in total. The van der Waals surface area contributed by atoms with Crippen LogP contribution < -0.4 is 0 Å². The number of aliphatic hydroxyl groups is 1. The Balaban J connectivity index is 2.15. The quantitative estimate of drug-likeness (QED) is 0.756. The Labute approximate surface area is 84.9 Å². The van der Waals surface area contributed by atoms with Gasteiger partial charge in [0, 0.05) is 25.5 Å². The lowest BCUT2D eigenvalue weighted by Crippen LogP contribution is -2.49. The molecule has 1 unspecified atom stereocenters. The summed E-state index contributed by atoms with van der Waals surface area (Å²) < 4.78 is 38.1. The largest absolute Gasteiger partial charge is 0.411 e. The van der Waals surface area contributed by atoms with E-state index in [1.54, 1.807) is 0 Å². The molecule has 0 aromatic heterocycles. The Morgan fingerprint density at radius 3 is 2.40 bits per heavy atom. The summed E-state index contributed by atoms with van der Waals surface area (Å²) in [7, 11) is 0. The van der Waals surface area contributed by atoms with Crippen molar-refractivity contribution >= 4 is 5.91 Å². The summed E-state index contributed by atoms with van der Waals surface area (Å²) in [6, 6.07) is 0. The molecular formula is C9H12F3NO2. The number of likely N-dealkylation sites (tertiary alicyclic amines) is 1. The standard InChI is InChI=1S/C9H12F3NO2/c10-9(11,12)8(1-2-8)13-4-6(5-14)3-7(13)15/h6,14H,1-5H2. The smallest absolute Gasteiger partial charge is 0.396 e. The van der Waals surface area contributed by atoms with E-state index in [4.69, 9.17) is 5.11 Å². The highest BCUT2D eigenvalue weighted by Gasteiger charge is 2.68. The van der Waals surface area contributed by atoms with Gasteiger partial charge in [-0.1, -0.05) is 0 Å². The van der Waals surface area contributed by atoms with Crippen molar-refractivity contribution in [2.75, 3.05) is 13.2 Å². The maximum Gasteiger partial charge on any atom is 0.411 e. The van der Waals surface area contributed by atoms with Crippen LogP contribution in [0.2, 0.25) is 0 Å². The predicted molar refractivity (Wildman–Crippen MR) is 44.9 cm³/mol. The number of carbonyl (C=O) groups is 1. The maximum absolute atomic E-state index is 12.7. The molecule has 1 amide bonds. The molecular weight excluding hydrogens is 211 g/mol. The molecule has 1 atom stereocenters. The fourth-order valence-electron chi connectivity index (χ4n) is 2.14. The van der Waals surface area contributed by atoms with Crippen LogP contribution in [0, 0.1) is 5.92 Å². The number of nitrogens with zero attached hydrogens (tertiary/aromatic N) is 1. The van der Waals surface area contributed by atoms with Gasteiger partial charge >= 0.3 is 6.18 Å². The second-order valence-electron chi connectivity index (χ2n) is 4.29. The lowest BCUT2D eigenvalue weighted by atomic mass is 10.1. The van der Waals surface area contributed by atoms with Crippen LogP contribution in [0.3, 0.4) is 0 Å². The molecule has 3 nitrogen and oxygen atoms in total. The topological polar surface area (TPSA) is 40.5 Å². The molecule has 6 heteroatoms. The summed E-state index contributed by atoms with van der Waals surface area (Å²) in [6.07, 6.45) is -4.30. The van der Waals surface area contributed by atoms with Gasteiger partial charge in [0.15, 0.2) is 0 Å². The highest BCUT2D eigenvalue weighted by atomic mass is 19.4. The van der Waals surface area contributed by atoms with Crippen molar-refractivity contribution in [3.8, 4) is 0 Å². The molecule has 0 radical (unpaired) electrons. The average molecular weight is 223 g/mol. The van der Waals surface area contributed by atoms with Crippen LogP contribution in [0.1, 0.15) is 19.3 Å². The highest BCUT2D eigenvalue weighted by Crippen LogP contribution is 2.55. The van der Waals surface area contributed by atoms with E-state index >= 15 is 0 Å². The van der Waals surface area contributed by atoms with Gasteiger partial charge in [0.1, 0.15) is 5.54 Å². The zero-order valence-corrected chi connectivity index (χ0v) is 8.05. The molecule has 86 valence electrons. The molecule has 1 aliphatic heterocycles. The fraction of sp³-hybridized carbons (Fsp3) is 0.889. The minimum Gasteiger partial charge on any atom is -0.396 e. The van der Waals surface area contributed by atoms with Crippen molar-refractivity contribution in [1.82, 2.24) is 4.90 Å². The predicted octanol–water partition coefficient (Wildman–Crippen LogP) is 0.922. The second kappa shape index (κ2) is 3.10. The Kier molecular flexibility index (Phi) is 2.22. The summed E-state index contributed by atoms with van der Waals surface area (Å²) in [5.41, 5.74) is -1.91. The molecule has 2 rings (SSSR count). The molecule has 0 bridgehead atoms. The van der Waals surface area contributed by atoms with Crippen LogP contribution in [0.4, 0.5) is 13.2 Å². The average Bonchev–Trinajstić information content (AvgIpc) is 2.85. The normalized spacial score (nSPS) is 29.7. The number of alkyl halides is 3. The molecule has 1 saturated heterocycles. The molecule has 2 fully saturated rings. The Morgan fingerprint density at radius 1 is 1.47 bits per heavy atom. The van der Waals surface area contributed by atoms with E-state index in [0.717, 1.165) is 4.90 Å². The number of carbonyl (C=O) groups excluding carboxylic acids is 1. The minimum absolute atomic E-state index is 0.000385. The Morgan fingerprint density at radius 2 is 2.07 bits per heavy atom. The van der Waals surface area contributed by atoms with E-state index in [1.165, 1.54) is 0 Å². The van der Waals surface area contributed by atoms with Crippen LogP contribution in [-0.4, -0.2) is 40.8 Å².